The molecule has 2 rings (SSSR count). The molecule has 1 saturated carbocycles. The second-order valence-electron chi connectivity index (χ2n) is 6.95. The van der Waals surface area contributed by atoms with Gasteiger partial charge in [-0.2, -0.15) is 12.6 Å². The van der Waals surface area contributed by atoms with Crippen molar-refractivity contribution >= 4 is 48.0 Å². The van der Waals surface area contributed by atoms with Crippen molar-refractivity contribution in [3.05, 3.63) is 0 Å². The molecule has 1 aliphatic carbocycles. The Bertz CT molecular complexity index is 550. The third-order valence-corrected chi connectivity index (χ3v) is 6.53. The van der Waals surface area contributed by atoms with Crippen LogP contribution in [0, 0.1) is 11.8 Å². The van der Waals surface area contributed by atoms with Crippen LogP contribution >= 0.6 is 24.6 Å². The molecule has 0 spiro atoms. The molecule has 1 heterocycles. The predicted molar refractivity (Wildman–Crippen MR) is 134 cm³/mol. The Morgan fingerprint density at radius 2 is 1.55 bits per heavy atom. The summed E-state index contributed by atoms with van der Waals surface area (Å²) in [6, 6.07) is -0.424. The van der Waals surface area contributed by atoms with Gasteiger partial charge < -0.3 is 0 Å². The van der Waals surface area contributed by atoms with Crippen LogP contribution in [0.5, 0.6) is 0 Å². The first kappa shape index (κ1) is 32.3. The monoisotopic (exact) mass is 476 g/mol. The van der Waals surface area contributed by atoms with Crippen molar-refractivity contribution in [2.75, 3.05) is 12.3 Å². The van der Waals surface area contributed by atoms with Crippen molar-refractivity contribution in [2.24, 2.45) is 11.8 Å². The first-order valence-corrected chi connectivity index (χ1v) is 13.2. The summed E-state index contributed by atoms with van der Waals surface area (Å²) in [5.74, 6) is 0.624. The van der Waals surface area contributed by atoms with Gasteiger partial charge in [-0.15, -0.1) is 0 Å². The Labute approximate surface area is 199 Å². The van der Waals surface area contributed by atoms with Gasteiger partial charge in [-0.25, -0.2) is 0 Å². The number of rotatable bonds is 8. The minimum absolute atomic E-state index is 0.0432. The van der Waals surface area contributed by atoms with Crippen LogP contribution in [0.25, 0.3) is 0 Å². The summed E-state index contributed by atoms with van der Waals surface area (Å²) in [6.07, 6.45) is 3.61. The fourth-order valence-electron chi connectivity index (χ4n) is 3.36. The number of hydrogen-bond acceptors (Lipinski definition) is 7. The third-order valence-electron chi connectivity index (χ3n) is 5.09. The number of ketones is 2. The Balaban J connectivity index is 0. The lowest BCUT2D eigenvalue weighted by atomic mass is 9.80. The summed E-state index contributed by atoms with van der Waals surface area (Å²) in [5.41, 5.74) is 0. The van der Waals surface area contributed by atoms with Crippen molar-refractivity contribution in [3.8, 4) is 0 Å². The molecular formula is C23H44N2O4S2. The van der Waals surface area contributed by atoms with Crippen LogP contribution in [0.2, 0.25) is 0 Å². The summed E-state index contributed by atoms with van der Waals surface area (Å²) in [5, 5.41) is -0.484. The molecule has 182 valence electrons. The highest BCUT2D eigenvalue weighted by atomic mass is 32.2. The van der Waals surface area contributed by atoms with Gasteiger partial charge >= 0.3 is 0 Å². The fraction of sp³-hybridized carbons (Fsp3) is 0.826. The van der Waals surface area contributed by atoms with Crippen molar-refractivity contribution in [2.45, 2.75) is 98.8 Å². The quantitative estimate of drug-likeness (QED) is 0.300. The molecule has 2 fully saturated rings. The summed E-state index contributed by atoms with van der Waals surface area (Å²) < 4.78 is 2.96. The first-order valence-electron chi connectivity index (χ1n) is 11.7. The summed E-state index contributed by atoms with van der Waals surface area (Å²) >= 11 is 5.27. The second-order valence-corrected chi connectivity index (χ2v) is 8.35. The highest BCUT2D eigenvalue weighted by Crippen LogP contribution is 2.32. The highest BCUT2D eigenvalue weighted by Gasteiger charge is 2.40. The van der Waals surface area contributed by atoms with E-state index in [2.05, 4.69) is 17.4 Å². The number of Topliss-reactive ketones (excluding diaryl/α,β-unsaturated/α-hetero) is 2. The molecule has 0 bridgehead atoms. The van der Waals surface area contributed by atoms with Crippen LogP contribution in [-0.2, 0) is 19.2 Å². The molecular weight excluding hydrogens is 432 g/mol. The smallest absolute Gasteiger partial charge is 0.244 e. The van der Waals surface area contributed by atoms with Gasteiger partial charge in [0.25, 0.3) is 0 Å². The van der Waals surface area contributed by atoms with Crippen molar-refractivity contribution in [1.29, 1.82) is 0 Å². The fourth-order valence-corrected chi connectivity index (χ4v) is 4.86. The van der Waals surface area contributed by atoms with Crippen molar-refractivity contribution in [1.82, 2.24) is 9.62 Å². The molecule has 1 saturated heterocycles. The maximum absolute atomic E-state index is 12.5. The number of likely N-dealkylation sites (tertiary alicyclic amines) is 1. The summed E-state index contributed by atoms with van der Waals surface area (Å²) in [6.45, 7) is 15.5. The molecule has 2 atom stereocenters. The normalized spacial score (nSPS) is 23.4. The van der Waals surface area contributed by atoms with Crippen LogP contribution in [0.1, 0.15) is 87.5 Å². The van der Waals surface area contributed by atoms with E-state index in [4.69, 9.17) is 0 Å². The number of nitrogens with one attached hydrogen (secondary N) is 1. The van der Waals surface area contributed by atoms with Crippen molar-refractivity contribution in [3.63, 3.8) is 0 Å². The van der Waals surface area contributed by atoms with E-state index in [9.17, 15) is 19.2 Å². The average Bonchev–Trinajstić information content (AvgIpc) is 3.06. The molecule has 0 aromatic heterocycles. The molecule has 0 radical (unpaired) electrons. The molecule has 31 heavy (non-hydrogen) atoms. The Hall–Kier alpha value is -0.860. The lowest BCUT2D eigenvalue weighted by Crippen LogP contribution is -2.38. The van der Waals surface area contributed by atoms with Gasteiger partial charge in [0.1, 0.15) is 16.8 Å². The summed E-state index contributed by atoms with van der Waals surface area (Å²) in [4.78, 5) is 49.0. The maximum atomic E-state index is 12.5. The zero-order chi connectivity index (χ0) is 24.6. The van der Waals surface area contributed by atoms with E-state index in [1.54, 1.807) is 6.92 Å². The van der Waals surface area contributed by atoms with Gasteiger partial charge in [-0.05, 0) is 45.4 Å². The van der Waals surface area contributed by atoms with E-state index >= 15 is 0 Å². The minimum Gasteiger partial charge on any atom is -0.300 e. The van der Waals surface area contributed by atoms with Crippen LogP contribution in [0.15, 0.2) is 0 Å². The van der Waals surface area contributed by atoms with Crippen LogP contribution in [0.4, 0.5) is 0 Å². The number of carbonyl (C=O) groups is 4. The molecule has 1 N–H and O–H groups in total. The van der Waals surface area contributed by atoms with Gasteiger partial charge in [-0.1, -0.05) is 53.5 Å². The Morgan fingerprint density at radius 3 is 1.97 bits per heavy atom. The number of nitrogens with zero attached hydrogens (tertiary/aromatic N) is 1. The Kier molecular flexibility index (Phi) is 19.5. The van der Waals surface area contributed by atoms with Crippen LogP contribution in [0.3, 0.4) is 0 Å². The second kappa shape index (κ2) is 18.7. The molecule has 2 amide bonds. The van der Waals surface area contributed by atoms with Gasteiger partial charge in [0.15, 0.2) is 0 Å². The van der Waals surface area contributed by atoms with E-state index in [1.165, 1.54) is 11.8 Å². The number of carbonyl (C=O) groups excluding carboxylic acids is 4. The number of amides is 2. The van der Waals surface area contributed by atoms with Gasteiger partial charge in [0, 0.05) is 24.6 Å². The van der Waals surface area contributed by atoms with Gasteiger partial charge in [0.2, 0.25) is 11.8 Å². The SMILES string of the molecule is CC.CC.CC.CC(=O)C1CCC(CN2C(=O)CC(SN[C@@H](CS)C(C)=O)C2=O)CC1. The van der Waals surface area contributed by atoms with E-state index in [1.807, 2.05) is 41.5 Å². The molecule has 6 nitrogen and oxygen atoms in total. The number of thiol groups is 1. The largest absolute Gasteiger partial charge is 0.300 e. The average molecular weight is 477 g/mol. The molecule has 0 aromatic carbocycles. The third kappa shape index (κ3) is 11.0. The molecule has 1 aliphatic heterocycles. The standard InChI is InChI=1S/C17H26N2O4S2.3C2H6/c1-10(20)13-5-3-12(4-6-13)8-19-16(22)7-15(17(19)23)25-18-14(9-24)11(2)21;3*1-2/h12-15,18,24H,3-9H2,1-2H3;3*1-2H3/t12?,13?,14-,15?;;;/m0.../s1. The minimum atomic E-state index is -0.484. The predicted octanol–water partition coefficient (Wildman–Crippen LogP) is 4.71. The molecule has 8 heteroatoms. The number of imide groups is 1. The number of hydrogen-bond donors (Lipinski definition) is 2. The van der Waals surface area contributed by atoms with Gasteiger partial charge in [0.05, 0.1) is 6.04 Å². The van der Waals surface area contributed by atoms with E-state index in [-0.39, 0.29) is 41.6 Å². The first-order chi connectivity index (χ1) is 14.8. The summed E-state index contributed by atoms with van der Waals surface area (Å²) in [7, 11) is 0. The van der Waals surface area contributed by atoms with E-state index < -0.39 is 11.3 Å². The highest BCUT2D eigenvalue weighted by molar-refractivity contribution is 7.98. The maximum Gasteiger partial charge on any atom is 0.244 e. The van der Waals surface area contributed by atoms with Crippen LogP contribution in [-0.4, -0.2) is 51.9 Å². The van der Waals surface area contributed by atoms with E-state index in [0.29, 0.717) is 12.3 Å². The Morgan fingerprint density at radius 1 is 1.03 bits per heavy atom. The van der Waals surface area contributed by atoms with Crippen molar-refractivity contribution < 1.29 is 19.2 Å². The molecule has 2 aliphatic rings. The molecule has 0 aromatic rings. The van der Waals surface area contributed by atoms with E-state index in [0.717, 1.165) is 37.6 Å². The van der Waals surface area contributed by atoms with Crippen LogP contribution < -0.4 is 4.72 Å². The molecule has 1 unspecified atom stereocenters. The zero-order valence-corrected chi connectivity index (χ0v) is 22.4. The lowest BCUT2D eigenvalue weighted by molar-refractivity contribution is -0.139. The topological polar surface area (TPSA) is 83.6 Å². The zero-order valence-electron chi connectivity index (χ0n) is 20.7. The lowest BCUT2D eigenvalue weighted by Gasteiger charge is -2.29. The van der Waals surface area contributed by atoms with Gasteiger partial charge in [-0.3, -0.25) is 28.8 Å².